The summed E-state index contributed by atoms with van der Waals surface area (Å²) in [6.07, 6.45) is 42.5. The first-order chi connectivity index (χ1) is 24.7. The number of ether oxygens (including phenoxy) is 2. The number of rotatable bonds is 34. The van der Waals surface area contributed by atoms with Crippen molar-refractivity contribution in [1.82, 2.24) is 0 Å². The Bertz CT molecular complexity index is 1070. The maximum Gasteiger partial charge on any atom is 0.469 e. The number of esters is 2. The smallest absolute Gasteiger partial charge is 0.462 e. The van der Waals surface area contributed by atoms with Crippen LogP contribution in [0, 0.1) is 0 Å². The van der Waals surface area contributed by atoms with Crippen LogP contribution in [0.3, 0.4) is 0 Å². The molecule has 0 aliphatic heterocycles. The van der Waals surface area contributed by atoms with Gasteiger partial charge in [-0.15, -0.1) is 0 Å². The highest BCUT2D eigenvalue weighted by atomic mass is 31.2. The van der Waals surface area contributed by atoms with Crippen LogP contribution >= 0.6 is 7.82 Å². The molecule has 0 spiro atoms. The van der Waals surface area contributed by atoms with Crippen molar-refractivity contribution in [3.05, 3.63) is 72.9 Å². The van der Waals surface area contributed by atoms with Gasteiger partial charge in [-0.05, 0) is 70.6 Å². The highest BCUT2D eigenvalue weighted by Gasteiger charge is 2.22. The van der Waals surface area contributed by atoms with Crippen LogP contribution in [-0.4, -0.2) is 52.3 Å². The molecular weight excluding hydrogens is 667 g/mol. The van der Waals surface area contributed by atoms with Gasteiger partial charge in [0.05, 0.1) is 12.7 Å². The number of hydrogen-bond acceptors (Lipinski definition) is 7. The van der Waals surface area contributed by atoms with Crippen molar-refractivity contribution in [3.63, 3.8) is 0 Å². The van der Waals surface area contributed by atoms with Crippen molar-refractivity contribution in [1.29, 1.82) is 0 Å². The third kappa shape index (κ3) is 38.5. The van der Waals surface area contributed by atoms with E-state index in [1.165, 1.54) is 38.5 Å². The Morgan fingerprint density at radius 1 is 0.627 bits per heavy atom. The van der Waals surface area contributed by atoms with Crippen LogP contribution < -0.4 is 0 Å². The van der Waals surface area contributed by atoms with Crippen LogP contribution in [0.25, 0.3) is 0 Å². The zero-order valence-corrected chi connectivity index (χ0v) is 32.5. The molecule has 3 N–H and O–H groups in total. The molecule has 0 aromatic carbocycles. The number of unbranched alkanes of at least 4 members (excludes halogenated alkanes) is 12. The van der Waals surface area contributed by atoms with Crippen molar-refractivity contribution >= 4 is 19.8 Å². The van der Waals surface area contributed by atoms with Crippen LogP contribution in [0.2, 0.25) is 0 Å². The van der Waals surface area contributed by atoms with Gasteiger partial charge < -0.3 is 24.4 Å². The summed E-state index contributed by atoms with van der Waals surface area (Å²) in [7, 11) is -4.78. The first-order valence-corrected chi connectivity index (χ1v) is 20.9. The van der Waals surface area contributed by atoms with Gasteiger partial charge in [-0.1, -0.05) is 138 Å². The van der Waals surface area contributed by atoms with Crippen LogP contribution in [0.5, 0.6) is 0 Å². The van der Waals surface area contributed by atoms with Gasteiger partial charge in [0.2, 0.25) is 0 Å². The molecule has 0 amide bonds. The molecule has 0 rings (SSSR count). The number of hydrogen-bond donors (Lipinski definition) is 3. The first-order valence-electron chi connectivity index (χ1n) is 19.3. The van der Waals surface area contributed by atoms with Crippen LogP contribution in [-0.2, 0) is 28.2 Å². The fourth-order valence-electron chi connectivity index (χ4n) is 4.89. The monoisotopic (exact) mass is 736 g/mol. The molecule has 0 bridgehead atoms. The van der Waals surface area contributed by atoms with E-state index in [1.54, 1.807) is 6.08 Å². The molecule has 0 saturated carbocycles. The van der Waals surface area contributed by atoms with E-state index in [2.05, 4.69) is 54.8 Å². The molecule has 0 radical (unpaired) electrons. The molecule has 2 atom stereocenters. The lowest BCUT2D eigenvalue weighted by molar-refractivity contribution is -0.161. The number of aliphatic hydroxyl groups excluding tert-OH is 1. The second-order valence-corrected chi connectivity index (χ2v) is 14.0. The Morgan fingerprint density at radius 3 is 1.84 bits per heavy atom. The highest BCUT2D eigenvalue weighted by molar-refractivity contribution is 7.46. The SMILES string of the molecule is CC/C=C/CC(O)/C=C/C=C/CCCCCCCC(=O)OC[C@H](COP(=O)(O)O)OC(=O)CCC/C=C\C/C=C\C/C=C\CCCCCCCC. The topological polar surface area (TPSA) is 140 Å². The van der Waals surface area contributed by atoms with Gasteiger partial charge in [-0.25, -0.2) is 4.57 Å². The molecule has 10 heteroatoms. The quantitative estimate of drug-likeness (QED) is 0.0194. The summed E-state index contributed by atoms with van der Waals surface area (Å²) in [5.74, 6) is -1.01. The summed E-state index contributed by atoms with van der Waals surface area (Å²) < 4.78 is 26.2. The van der Waals surface area contributed by atoms with Crippen molar-refractivity contribution < 1.29 is 43.0 Å². The number of allylic oxidation sites excluding steroid dienone is 10. The summed E-state index contributed by atoms with van der Waals surface area (Å²) in [5.41, 5.74) is 0. The average molecular weight is 737 g/mol. The van der Waals surface area contributed by atoms with E-state index in [-0.39, 0.29) is 19.4 Å². The number of phosphoric acid groups is 1. The minimum absolute atomic E-state index is 0.122. The highest BCUT2D eigenvalue weighted by Crippen LogP contribution is 2.36. The number of aliphatic hydroxyl groups is 1. The van der Waals surface area contributed by atoms with E-state index < -0.39 is 38.6 Å². The van der Waals surface area contributed by atoms with Crippen molar-refractivity contribution in [2.24, 2.45) is 0 Å². The lowest BCUT2D eigenvalue weighted by Gasteiger charge is -2.18. The fraction of sp³-hybridized carbons (Fsp3) is 0.659. The van der Waals surface area contributed by atoms with Crippen molar-refractivity contribution in [2.45, 2.75) is 161 Å². The molecule has 0 heterocycles. The molecule has 292 valence electrons. The zero-order chi connectivity index (χ0) is 37.7. The van der Waals surface area contributed by atoms with E-state index in [4.69, 9.17) is 19.3 Å². The lowest BCUT2D eigenvalue weighted by Crippen LogP contribution is -2.29. The van der Waals surface area contributed by atoms with Gasteiger partial charge in [0.25, 0.3) is 0 Å². The standard InChI is InChI=1S/C41H69O9P/c1-3-5-7-8-9-10-11-12-13-14-15-16-17-20-24-27-31-35-41(44)50-39(37-49-51(45,46)47)36-48-40(43)34-30-26-23-21-18-19-22-25-29-33-38(42)32-28-6-4-2/h6,12-13,15-16,20,22,24-25,28-29,33,38-39,42H,3-5,7-11,14,17-19,21,23,26-27,30-32,34-37H2,1-2H3,(H2,45,46,47)/b13-12-,16-15-,24-20-,25-22+,28-6+,33-29+/t38?,39-/m1/s1. The number of phosphoric ester groups is 1. The fourth-order valence-corrected chi connectivity index (χ4v) is 5.25. The minimum atomic E-state index is -4.78. The average Bonchev–Trinajstić information content (AvgIpc) is 3.09. The predicted octanol–water partition coefficient (Wildman–Crippen LogP) is 10.5. The number of carbonyl (C=O) groups is 2. The summed E-state index contributed by atoms with van der Waals surface area (Å²) in [6.45, 7) is 3.39. The molecule has 0 aliphatic rings. The molecule has 51 heavy (non-hydrogen) atoms. The molecule has 0 aromatic heterocycles. The third-order valence-corrected chi connectivity index (χ3v) is 8.27. The van der Waals surface area contributed by atoms with E-state index >= 15 is 0 Å². The van der Waals surface area contributed by atoms with E-state index in [0.29, 0.717) is 25.7 Å². The van der Waals surface area contributed by atoms with Crippen LogP contribution in [0.1, 0.15) is 149 Å². The van der Waals surface area contributed by atoms with E-state index in [0.717, 1.165) is 57.8 Å². The van der Waals surface area contributed by atoms with Crippen molar-refractivity contribution in [3.8, 4) is 0 Å². The van der Waals surface area contributed by atoms with Gasteiger partial charge in [0.15, 0.2) is 6.10 Å². The third-order valence-electron chi connectivity index (χ3n) is 7.79. The Labute approximate surface area is 309 Å². The van der Waals surface area contributed by atoms with Crippen molar-refractivity contribution in [2.75, 3.05) is 13.2 Å². The van der Waals surface area contributed by atoms with Gasteiger partial charge in [-0.2, -0.15) is 0 Å². The lowest BCUT2D eigenvalue weighted by atomic mass is 10.1. The Kier molecular flexibility index (Phi) is 34.0. The predicted molar refractivity (Wildman–Crippen MR) is 208 cm³/mol. The summed E-state index contributed by atoms with van der Waals surface area (Å²) in [6, 6.07) is 0. The Morgan fingerprint density at radius 2 is 1.20 bits per heavy atom. The molecule has 0 aliphatic carbocycles. The molecule has 0 aromatic rings. The Balaban J connectivity index is 4.13. The molecule has 9 nitrogen and oxygen atoms in total. The van der Waals surface area contributed by atoms with Gasteiger partial charge in [-0.3, -0.25) is 14.1 Å². The van der Waals surface area contributed by atoms with Gasteiger partial charge in [0, 0.05) is 12.8 Å². The second-order valence-electron chi connectivity index (χ2n) is 12.7. The minimum Gasteiger partial charge on any atom is -0.462 e. The molecular formula is C41H69O9P. The zero-order valence-electron chi connectivity index (χ0n) is 31.6. The molecule has 1 unspecified atom stereocenters. The Hall–Kier alpha value is -2.55. The maximum atomic E-state index is 12.4. The largest absolute Gasteiger partial charge is 0.469 e. The van der Waals surface area contributed by atoms with Crippen LogP contribution in [0.15, 0.2) is 72.9 Å². The summed E-state index contributed by atoms with van der Waals surface area (Å²) in [5, 5.41) is 9.83. The molecule has 0 fully saturated rings. The normalized spacial score (nSPS) is 13.9. The summed E-state index contributed by atoms with van der Waals surface area (Å²) in [4.78, 5) is 42.7. The van der Waals surface area contributed by atoms with E-state index in [1.807, 2.05) is 30.4 Å². The maximum absolute atomic E-state index is 12.4. The van der Waals surface area contributed by atoms with Crippen LogP contribution in [0.4, 0.5) is 0 Å². The molecule has 0 saturated heterocycles. The number of carbonyl (C=O) groups excluding carboxylic acids is 2. The van der Waals surface area contributed by atoms with Gasteiger partial charge in [0.1, 0.15) is 6.61 Å². The van der Waals surface area contributed by atoms with Gasteiger partial charge >= 0.3 is 19.8 Å². The van der Waals surface area contributed by atoms with E-state index in [9.17, 15) is 19.3 Å². The second kappa shape index (κ2) is 35.8. The summed E-state index contributed by atoms with van der Waals surface area (Å²) >= 11 is 0. The first kappa shape index (κ1) is 48.5.